The zero-order chi connectivity index (χ0) is 24.2. The van der Waals surface area contributed by atoms with E-state index in [0.29, 0.717) is 17.1 Å². The Bertz CT molecular complexity index is 1070. The topological polar surface area (TPSA) is 91.4 Å². The van der Waals surface area contributed by atoms with Crippen LogP contribution < -0.4 is 20.7 Å². The third-order valence-electron chi connectivity index (χ3n) is 6.79. The minimum absolute atomic E-state index is 0.0314. The van der Waals surface area contributed by atoms with Crippen molar-refractivity contribution < 1.29 is 13.9 Å². The number of hydrogen-bond acceptors (Lipinski definition) is 7. The van der Waals surface area contributed by atoms with Crippen LogP contribution in [0, 0.1) is 5.82 Å². The van der Waals surface area contributed by atoms with Gasteiger partial charge in [0.25, 0.3) is 5.91 Å². The lowest BCUT2D eigenvalue weighted by molar-refractivity contribution is -0.129. The van der Waals surface area contributed by atoms with Gasteiger partial charge in [-0.2, -0.15) is 4.98 Å². The molecule has 1 aromatic heterocycles. The summed E-state index contributed by atoms with van der Waals surface area (Å²) in [6, 6.07) is 5.36. The van der Waals surface area contributed by atoms with Crippen LogP contribution in [0.2, 0.25) is 0 Å². The fourth-order valence-electron chi connectivity index (χ4n) is 4.71. The highest BCUT2D eigenvalue weighted by Crippen LogP contribution is 2.39. The van der Waals surface area contributed by atoms with Gasteiger partial charge < -0.3 is 20.7 Å². The number of rotatable bonds is 4. The molecular weight excluding hydrogens is 423 g/mol. The van der Waals surface area contributed by atoms with Gasteiger partial charge in [0.15, 0.2) is 17.2 Å². The molecule has 33 heavy (non-hydrogen) atoms. The van der Waals surface area contributed by atoms with Crippen molar-refractivity contribution in [3.63, 3.8) is 0 Å². The minimum atomic E-state index is -0.968. The average molecular weight is 457 g/mol. The Morgan fingerprint density at radius 2 is 1.82 bits per heavy atom. The van der Waals surface area contributed by atoms with Crippen LogP contribution in [0.1, 0.15) is 54.4 Å². The van der Waals surface area contributed by atoms with Crippen molar-refractivity contribution in [2.75, 3.05) is 23.0 Å². The number of piperidine rings is 1. The molecule has 3 N–H and O–H groups in total. The summed E-state index contributed by atoms with van der Waals surface area (Å²) in [5.41, 5.74) is 0.233. The van der Waals surface area contributed by atoms with Crippen molar-refractivity contribution in [3.05, 3.63) is 30.2 Å². The number of nitrogens with zero attached hydrogens (tertiary/aromatic N) is 3. The smallest absolute Gasteiger partial charge is 0.268 e. The molecule has 8 nitrogen and oxygen atoms in total. The molecule has 4 rings (SSSR count). The van der Waals surface area contributed by atoms with E-state index >= 15 is 0 Å². The third kappa shape index (κ3) is 4.59. The Labute approximate surface area is 194 Å². The first-order valence-electron chi connectivity index (χ1n) is 11.2. The Morgan fingerprint density at radius 3 is 2.48 bits per heavy atom. The number of carbonyl (C=O) groups is 1. The van der Waals surface area contributed by atoms with Crippen molar-refractivity contribution in [1.29, 1.82) is 0 Å². The number of halogens is 1. The van der Waals surface area contributed by atoms with Crippen LogP contribution in [0.3, 0.4) is 0 Å². The number of anilines is 4. The van der Waals surface area contributed by atoms with Gasteiger partial charge in [0.2, 0.25) is 5.95 Å². The summed E-state index contributed by atoms with van der Waals surface area (Å²) in [5.74, 6) is 0.295. The summed E-state index contributed by atoms with van der Waals surface area (Å²) in [4.78, 5) is 22.9. The lowest BCUT2D eigenvalue weighted by atomic mass is 9.77. The van der Waals surface area contributed by atoms with E-state index in [0.717, 1.165) is 12.8 Å². The minimum Gasteiger partial charge on any atom is -0.476 e. The number of benzene rings is 1. The lowest BCUT2D eigenvalue weighted by Crippen LogP contribution is -2.61. The first-order chi connectivity index (χ1) is 15.3. The third-order valence-corrected chi connectivity index (χ3v) is 6.79. The van der Waals surface area contributed by atoms with Crippen LogP contribution in [0.5, 0.6) is 5.75 Å². The highest BCUT2D eigenvalue weighted by molar-refractivity contribution is 6.00. The predicted molar refractivity (Wildman–Crippen MR) is 128 cm³/mol. The van der Waals surface area contributed by atoms with Crippen LogP contribution in [-0.4, -0.2) is 50.5 Å². The highest BCUT2D eigenvalue weighted by Gasteiger charge is 2.43. The molecule has 178 valence electrons. The maximum atomic E-state index is 14.6. The molecule has 2 aromatic rings. The van der Waals surface area contributed by atoms with Crippen molar-refractivity contribution in [2.45, 2.75) is 77.1 Å². The van der Waals surface area contributed by atoms with Crippen molar-refractivity contribution >= 4 is 29.0 Å². The Hall–Kier alpha value is -2.94. The Morgan fingerprint density at radius 1 is 1.15 bits per heavy atom. The fourth-order valence-corrected chi connectivity index (χ4v) is 4.71. The number of likely N-dealkylation sites (tertiary alicyclic amines) is 1. The average Bonchev–Trinajstić information content (AvgIpc) is 2.69. The maximum Gasteiger partial charge on any atom is 0.268 e. The molecule has 3 heterocycles. The van der Waals surface area contributed by atoms with Crippen molar-refractivity contribution in [2.24, 2.45) is 0 Å². The van der Waals surface area contributed by atoms with Crippen molar-refractivity contribution in [3.8, 4) is 5.75 Å². The maximum absolute atomic E-state index is 14.6. The molecule has 0 radical (unpaired) electrons. The van der Waals surface area contributed by atoms with E-state index in [9.17, 15) is 9.18 Å². The van der Waals surface area contributed by atoms with Gasteiger partial charge in [-0.25, -0.2) is 9.37 Å². The molecule has 0 aliphatic carbocycles. The van der Waals surface area contributed by atoms with Gasteiger partial charge in [0, 0.05) is 28.9 Å². The molecule has 1 saturated heterocycles. The van der Waals surface area contributed by atoms with Gasteiger partial charge in [-0.15, -0.1) is 0 Å². The summed E-state index contributed by atoms with van der Waals surface area (Å²) in [7, 11) is 2.14. The lowest BCUT2D eigenvalue weighted by Gasteiger charge is -2.53. The number of nitrogens with one attached hydrogen (secondary N) is 3. The normalized spacial score (nSPS) is 21.5. The number of hydrogen-bond donors (Lipinski definition) is 3. The highest BCUT2D eigenvalue weighted by atomic mass is 19.1. The van der Waals surface area contributed by atoms with Crippen molar-refractivity contribution in [1.82, 2.24) is 14.9 Å². The summed E-state index contributed by atoms with van der Waals surface area (Å²) in [6.07, 6.45) is 2.90. The first kappa shape index (κ1) is 23.2. The van der Waals surface area contributed by atoms with Crippen LogP contribution in [0.25, 0.3) is 0 Å². The summed E-state index contributed by atoms with van der Waals surface area (Å²) in [5, 5.41) is 9.25. The number of carbonyl (C=O) groups excluding carboxylic acids is 1. The number of amides is 1. The van der Waals surface area contributed by atoms with E-state index in [4.69, 9.17) is 4.74 Å². The van der Waals surface area contributed by atoms with Gasteiger partial charge in [-0.3, -0.25) is 9.69 Å². The monoisotopic (exact) mass is 456 g/mol. The molecule has 2 aliphatic rings. The zero-order valence-electron chi connectivity index (χ0n) is 20.3. The molecule has 0 bridgehead atoms. The molecule has 1 fully saturated rings. The standard InChI is InChI=1S/C24H33FN6O2/c1-22(2)11-15(12-23(3,4)31(22)7)27-19-16(25)13-26-21(30-19)28-14-8-9-17-18(10-14)33-24(5,6)20(32)29-17/h8-10,13,15H,11-12H2,1-7H3,(H,29,32)(H2,26,27,28,30). The van der Waals surface area contributed by atoms with Crippen LogP contribution in [0.15, 0.2) is 24.4 Å². The SMILES string of the molecule is CN1C(C)(C)CC(Nc2nc(Nc3ccc4c(c3)OC(C)(C)C(=O)N4)ncc2F)CC1(C)C. The van der Waals surface area contributed by atoms with E-state index in [1.165, 1.54) is 6.20 Å². The quantitative estimate of drug-likeness (QED) is 0.622. The molecule has 0 spiro atoms. The van der Waals surface area contributed by atoms with E-state index in [1.54, 1.807) is 32.0 Å². The summed E-state index contributed by atoms with van der Waals surface area (Å²) < 4.78 is 20.4. The molecule has 0 atom stereocenters. The molecular formula is C24H33FN6O2. The van der Waals surface area contributed by atoms with Gasteiger partial charge in [0.05, 0.1) is 11.9 Å². The fraction of sp³-hybridized carbons (Fsp3) is 0.542. The van der Waals surface area contributed by atoms with E-state index in [2.05, 4.69) is 65.6 Å². The molecule has 1 amide bonds. The molecule has 9 heteroatoms. The predicted octanol–water partition coefficient (Wildman–Crippen LogP) is 4.53. The number of aromatic nitrogens is 2. The second-order valence-corrected chi connectivity index (χ2v) is 10.7. The second kappa shape index (κ2) is 7.83. The molecule has 0 unspecified atom stereocenters. The van der Waals surface area contributed by atoms with Crippen LogP contribution in [-0.2, 0) is 4.79 Å². The van der Waals surface area contributed by atoms with Crippen LogP contribution >= 0.6 is 0 Å². The number of fused-ring (bicyclic) bond motifs is 1. The van der Waals surface area contributed by atoms with E-state index < -0.39 is 11.4 Å². The summed E-state index contributed by atoms with van der Waals surface area (Å²) >= 11 is 0. The van der Waals surface area contributed by atoms with Gasteiger partial charge >= 0.3 is 0 Å². The van der Waals surface area contributed by atoms with Gasteiger partial charge in [0.1, 0.15) is 5.75 Å². The zero-order valence-corrected chi connectivity index (χ0v) is 20.3. The molecule has 1 aromatic carbocycles. The van der Waals surface area contributed by atoms with E-state index in [1.807, 2.05) is 0 Å². The first-order valence-corrected chi connectivity index (χ1v) is 11.2. The number of ether oxygens (including phenoxy) is 1. The van der Waals surface area contributed by atoms with E-state index in [-0.39, 0.29) is 34.8 Å². The Balaban J connectivity index is 1.52. The molecule has 0 saturated carbocycles. The second-order valence-electron chi connectivity index (χ2n) is 10.7. The van der Waals surface area contributed by atoms with Gasteiger partial charge in [-0.1, -0.05) is 0 Å². The molecule has 2 aliphatic heterocycles. The van der Waals surface area contributed by atoms with Crippen LogP contribution in [0.4, 0.5) is 27.5 Å². The van der Waals surface area contributed by atoms with Gasteiger partial charge in [-0.05, 0) is 73.6 Å². The Kier molecular flexibility index (Phi) is 5.51. The summed E-state index contributed by atoms with van der Waals surface area (Å²) in [6.45, 7) is 12.2. The largest absolute Gasteiger partial charge is 0.476 e.